The predicted octanol–water partition coefficient (Wildman–Crippen LogP) is 5.08. The van der Waals surface area contributed by atoms with Crippen LogP contribution in [0.3, 0.4) is 0 Å². The molecule has 22 heteroatoms. The van der Waals surface area contributed by atoms with Crippen molar-refractivity contribution in [3.63, 3.8) is 0 Å². The molecule has 0 atom stereocenters. The molecule has 0 spiro atoms. The van der Waals surface area contributed by atoms with E-state index in [4.69, 9.17) is 19.8 Å². The smallest absolute Gasteiger partial charge is 0.490 e. The number of phenols is 2. The summed E-state index contributed by atoms with van der Waals surface area (Å²) < 4.78 is 65.0. The summed E-state index contributed by atoms with van der Waals surface area (Å²) in [5, 5.41) is 41.1. The van der Waals surface area contributed by atoms with Crippen molar-refractivity contribution in [2.75, 3.05) is 32.7 Å². The monoisotopic (exact) mass is 841 g/mol. The minimum absolute atomic E-state index is 0.0791. The number of carboxylic acids is 2. The van der Waals surface area contributed by atoms with Crippen molar-refractivity contribution in [1.29, 1.82) is 0 Å². The Hall–Kier alpha value is -4.67. The molecule has 2 aromatic carbocycles. The molecule has 4 aromatic rings. The third kappa shape index (κ3) is 14.1. The van der Waals surface area contributed by atoms with Gasteiger partial charge in [0.05, 0.1) is 9.40 Å². The highest BCUT2D eigenvalue weighted by Crippen LogP contribution is 2.29. The van der Waals surface area contributed by atoms with Crippen LogP contribution >= 0.6 is 22.7 Å². The molecule has 0 unspecified atom stereocenters. The number of nitrogens with one attached hydrogen (secondary N) is 4. The first kappa shape index (κ1) is 45.7. The third-order valence-corrected chi connectivity index (χ3v) is 10.5. The van der Waals surface area contributed by atoms with E-state index in [1.807, 2.05) is 12.1 Å². The van der Waals surface area contributed by atoms with E-state index in [0.717, 1.165) is 75.3 Å². The number of aromatic hydroxyl groups is 2. The molecule has 8 N–H and O–H groups in total. The highest BCUT2D eigenvalue weighted by molar-refractivity contribution is 7.17. The van der Waals surface area contributed by atoms with Gasteiger partial charge in [0, 0.05) is 32.1 Å². The van der Waals surface area contributed by atoms with Crippen LogP contribution in [0.15, 0.2) is 33.9 Å². The maximum Gasteiger partial charge on any atom is 0.490 e. The lowest BCUT2D eigenvalue weighted by Gasteiger charge is -2.32. The van der Waals surface area contributed by atoms with Crippen LogP contribution in [-0.4, -0.2) is 104 Å². The number of hydrogen-bond acceptors (Lipinski definition) is 11. The fourth-order valence-electron chi connectivity index (χ4n) is 5.85. The molecule has 1 saturated carbocycles. The number of phenolic OH excluding ortho intramolecular Hbond substituents is 2. The third-order valence-electron chi connectivity index (χ3n) is 8.54. The molecule has 0 aliphatic heterocycles. The molecule has 56 heavy (non-hydrogen) atoms. The van der Waals surface area contributed by atoms with Gasteiger partial charge in [-0.2, -0.15) is 26.3 Å². The van der Waals surface area contributed by atoms with Gasteiger partial charge in [0.25, 0.3) is 0 Å². The number of aliphatic carboxylic acids is 2. The molecular formula is C34H41F6N5O9S2. The second-order valence-electron chi connectivity index (χ2n) is 12.5. The van der Waals surface area contributed by atoms with Crippen molar-refractivity contribution in [2.45, 2.75) is 76.2 Å². The number of aromatic amines is 2. The average molecular weight is 842 g/mol. The first-order chi connectivity index (χ1) is 26.3. The van der Waals surface area contributed by atoms with Crippen molar-refractivity contribution in [1.82, 2.24) is 25.5 Å². The van der Waals surface area contributed by atoms with Gasteiger partial charge in [-0.25, -0.2) is 9.59 Å². The Labute approximate surface area is 322 Å². The Morgan fingerprint density at radius 2 is 1.11 bits per heavy atom. The molecule has 0 radical (unpaired) electrons. The zero-order valence-electron chi connectivity index (χ0n) is 29.6. The van der Waals surface area contributed by atoms with Gasteiger partial charge in [-0.1, -0.05) is 60.5 Å². The second kappa shape index (κ2) is 21.0. The quantitative estimate of drug-likeness (QED) is 0.0504. The molecule has 1 amide bonds. The lowest BCUT2D eigenvalue weighted by Crippen LogP contribution is -2.45. The van der Waals surface area contributed by atoms with Gasteiger partial charge in [-0.3, -0.25) is 14.4 Å². The minimum Gasteiger partial charge on any atom is -0.506 e. The molecule has 2 aromatic heterocycles. The molecular weight excluding hydrogens is 801 g/mol. The maximum atomic E-state index is 13.4. The van der Waals surface area contributed by atoms with Crippen molar-refractivity contribution < 1.29 is 61.2 Å². The number of thiazole rings is 2. The molecule has 14 nitrogen and oxygen atoms in total. The van der Waals surface area contributed by atoms with Gasteiger partial charge in [0.15, 0.2) is 0 Å². The summed E-state index contributed by atoms with van der Waals surface area (Å²) in [6, 6.07) is 7.21. The second-order valence-corrected chi connectivity index (χ2v) is 14.5. The largest absolute Gasteiger partial charge is 0.506 e. The van der Waals surface area contributed by atoms with E-state index < -0.39 is 24.3 Å². The lowest BCUT2D eigenvalue weighted by atomic mass is 10.1. The number of carbonyl (C=O) groups excluding carboxylic acids is 1. The van der Waals surface area contributed by atoms with Gasteiger partial charge in [0.1, 0.15) is 22.5 Å². The van der Waals surface area contributed by atoms with Crippen molar-refractivity contribution in [3.05, 3.63) is 54.7 Å². The number of benzene rings is 2. The summed E-state index contributed by atoms with van der Waals surface area (Å²) in [5.74, 6) is -5.18. The SMILES string of the molecule is O=C(CCNCCc1ccc(O)c2[nH]c(=O)sc12)N(CCNCCc1ccc(O)c2[nH]c(=O)sc12)C1CCCCCC1.O=C(O)C(F)(F)F.O=C(O)C(F)(F)F. The molecule has 1 aliphatic carbocycles. The zero-order chi connectivity index (χ0) is 41.6. The van der Waals surface area contributed by atoms with Crippen LogP contribution < -0.4 is 20.4 Å². The van der Waals surface area contributed by atoms with Crippen LogP contribution in [0, 0.1) is 0 Å². The topological polar surface area (TPSA) is 225 Å². The Kier molecular flexibility index (Phi) is 17.2. The summed E-state index contributed by atoms with van der Waals surface area (Å²) in [6.45, 7) is 3.31. The van der Waals surface area contributed by atoms with Gasteiger partial charge >= 0.3 is 34.0 Å². The molecule has 0 bridgehead atoms. The highest BCUT2D eigenvalue weighted by atomic mass is 32.1. The average Bonchev–Trinajstić information content (AvgIpc) is 3.61. The normalized spacial score (nSPS) is 13.7. The number of carbonyl (C=O) groups is 3. The van der Waals surface area contributed by atoms with E-state index in [-0.39, 0.29) is 33.2 Å². The number of rotatable bonds is 13. The van der Waals surface area contributed by atoms with E-state index in [1.165, 1.54) is 12.8 Å². The number of nitrogens with zero attached hydrogens (tertiary/aromatic N) is 1. The number of amides is 1. The first-order valence-electron chi connectivity index (χ1n) is 17.3. The number of aromatic nitrogens is 2. The Morgan fingerprint density at radius 1 is 0.696 bits per heavy atom. The molecule has 5 rings (SSSR count). The molecule has 1 aliphatic rings. The van der Waals surface area contributed by atoms with Crippen LogP contribution in [-0.2, 0) is 27.2 Å². The zero-order valence-corrected chi connectivity index (χ0v) is 31.3. The number of alkyl halides is 6. The van der Waals surface area contributed by atoms with Crippen LogP contribution in [0.25, 0.3) is 20.4 Å². The Bertz CT molecular complexity index is 2010. The molecule has 1 fully saturated rings. The van der Waals surface area contributed by atoms with Gasteiger partial charge in [-0.05, 0) is 62.0 Å². The minimum atomic E-state index is -5.08. The van der Waals surface area contributed by atoms with Crippen molar-refractivity contribution >= 4 is 61.0 Å². The molecule has 310 valence electrons. The maximum absolute atomic E-state index is 13.4. The number of halogens is 6. The summed E-state index contributed by atoms with van der Waals surface area (Å²) in [6.07, 6.45) is -1.46. The van der Waals surface area contributed by atoms with Crippen LogP contribution in [0.1, 0.15) is 56.1 Å². The van der Waals surface area contributed by atoms with Gasteiger partial charge < -0.3 is 45.9 Å². The lowest BCUT2D eigenvalue weighted by molar-refractivity contribution is -0.193. The number of H-pyrrole nitrogens is 2. The van der Waals surface area contributed by atoms with E-state index in [9.17, 15) is 50.9 Å². The summed E-state index contributed by atoms with van der Waals surface area (Å²) in [5.41, 5.74) is 3.00. The number of fused-ring (bicyclic) bond motifs is 2. The van der Waals surface area contributed by atoms with Crippen molar-refractivity contribution in [3.8, 4) is 11.5 Å². The van der Waals surface area contributed by atoms with E-state index in [0.29, 0.717) is 56.6 Å². The standard InChI is InChI=1S/C30H39N5O5S2.2C2HF3O2/c36-22-9-7-19(27-25(22)33-29(39)41-27)11-14-31-16-13-24(38)35(21-5-3-1-2-4-6-21)18-17-32-15-12-20-8-10-23(37)26-28(20)42-30(40)34-26;2*3-2(4,5)1(6)7/h7-10,21,31-32,36-37H,1-6,11-18H2,(H,33,39)(H,34,40);2*(H,6,7). The van der Waals surface area contributed by atoms with Crippen LogP contribution in [0.5, 0.6) is 11.5 Å². The van der Waals surface area contributed by atoms with Crippen LogP contribution in [0.2, 0.25) is 0 Å². The number of carboxylic acid groups (broad SMARTS) is 2. The van der Waals surface area contributed by atoms with Crippen molar-refractivity contribution in [2.24, 2.45) is 0 Å². The highest BCUT2D eigenvalue weighted by Gasteiger charge is 2.39. The van der Waals surface area contributed by atoms with E-state index in [2.05, 4.69) is 25.5 Å². The summed E-state index contributed by atoms with van der Waals surface area (Å²) >= 11 is 2.22. The fourth-order valence-corrected chi connectivity index (χ4v) is 7.65. The summed E-state index contributed by atoms with van der Waals surface area (Å²) in [7, 11) is 0. The van der Waals surface area contributed by atoms with Crippen LogP contribution in [0.4, 0.5) is 26.3 Å². The Balaban J connectivity index is 0.000000512. The predicted molar refractivity (Wildman–Crippen MR) is 197 cm³/mol. The van der Waals surface area contributed by atoms with Gasteiger partial charge in [0.2, 0.25) is 5.91 Å². The molecule has 2 heterocycles. The van der Waals surface area contributed by atoms with E-state index in [1.54, 1.807) is 12.1 Å². The number of hydrogen-bond donors (Lipinski definition) is 8. The summed E-state index contributed by atoms with van der Waals surface area (Å²) in [4.78, 5) is 61.9. The van der Waals surface area contributed by atoms with Gasteiger partial charge in [-0.15, -0.1) is 0 Å². The van der Waals surface area contributed by atoms with E-state index >= 15 is 0 Å². The molecule has 0 saturated heterocycles. The Morgan fingerprint density at radius 3 is 1.52 bits per heavy atom. The fraction of sp³-hybridized carbons (Fsp3) is 0.500. The first-order valence-corrected chi connectivity index (χ1v) is 18.9.